The van der Waals surface area contributed by atoms with Gasteiger partial charge >= 0.3 is 12.1 Å². The molecule has 0 spiro atoms. The van der Waals surface area contributed by atoms with Gasteiger partial charge in [-0.25, -0.2) is 0 Å². The molecular formula is C15H16F3NO4. The van der Waals surface area contributed by atoms with E-state index in [0.717, 1.165) is 12.1 Å². The molecule has 8 heteroatoms. The fraction of sp³-hybridized carbons (Fsp3) is 0.467. The number of carbonyl (C=O) groups is 2. The van der Waals surface area contributed by atoms with Crippen LogP contribution in [0, 0.1) is 5.92 Å². The predicted octanol–water partition coefficient (Wildman–Crippen LogP) is 2.45. The third kappa shape index (κ3) is 4.37. The maximum atomic E-state index is 12.8. The molecule has 0 aliphatic heterocycles. The summed E-state index contributed by atoms with van der Waals surface area (Å²) in [5, 5.41) is 11.5. The number of carboxylic acids is 1. The van der Waals surface area contributed by atoms with Gasteiger partial charge in [-0.3, -0.25) is 9.59 Å². The summed E-state index contributed by atoms with van der Waals surface area (Å²) in [6, 6.07) is 4.09. The molecule has 5 nitrogen and oxygen atoms in total. The Hall–Kier alpha value is -2.25. The third-order valence-electron chi connectivity index (χ3n) is 3.73. The zero-order valence-corrected chi connectivity index (χ0v) is 12.1. The monoisotopic (exact) mass is 331 g/mol. The molecule has 2 atom stereocenters. The van der Waals surface area contributed by atoms with Crippen LogP contribution in [-0.4, -0.2) is 29.6 Å². The second kappa shape index (κ2) is 6.89. The standard InChI is InChI=1S/C15H16F3NO4/c16-15(17,18)10-5-1-2-7-12(10)23-8-13(20)19-11-6-3-4-9(11)14(21)22/h1-2,5,7,9,11H,3-4,6,8H2,(H,19,20)(H,21,22)/t9-,11+/m1/s1. The molecule has 2 rings (SSSR count). The Morgan fingerprint density at radius 2 is 1.96 bits per heavy atom. The number of aliphatic carboxylic acids is 1. The highest BCUT2D eigenvalue weighted by Gasteiger charge is 2.35. The average molecular weight is 331 g/mol. The van der Waals surface area contributed by atoms with E-state index >= 15 is 0 Å². The molecule has 1 fully saturated rings. The lowest BCUT2D eigenvalue weighted by atomic mass is 10.0. The minimum absolute atomic E-state index is 0.434. The number of carboxylic acid groups (broad SMARTS) is 1. The number of hydrogen-bond donors (Lipinski definition) is 2. The summed E-state index contributed by atoms with van der Waals surface area (Å²) in [5.74, 6) is -2.73. The van der Waals surface area contributed by atoms with E-state index in [1.54, 1.807) is 0 Å². The fourth-order valence-electron chi connectivity index (χ4n) is 2.65. The number of ether oxygens (including phenoxy) is 1. The zero-order valence-electron chi connectivity index (χ0n) is 12.1. The van der Waals surface area contributed by atoms with Crippen LogP contribution in [0.4, 0.5) is 13.2 Å². The number of alkyl halides is 3. The number of benzene rings is 1. The molecule has 0 saturated heterocycles. The Kier molecular flexibility index (Phi) is 5.12. The number of amides is 1. The van der Waals surface area contributed by atoms with Crippen molar-refractivity contribution in [3.8, 4) is 5.75 Å². The summed E-state index contributed by atoms with van der Waals surface area (Å²) in [7, 11) is 0. The third-order valence-corrected chi connectivity index (χ3v) is 3.73. The van der Waals surface area contributed by atoms with E-state index in [1.165, 1.54) is 12.1 Å². The first kappa shape index (κ1) is 17.1. The summed E-state index contributed by atoms with van der Waals surface area (Å²) in [6.45, 7) is -0.601. The van der Waals surface area contributed by atoms with Crippen LogP contribution in [-0.2, 0) is 15.8 Å². The number of carbonyl (C=O) groups excluding carboxylic acids is 1. The number of hydrogen-bond acceptors (Lipinski definition) is 3. The number of nitrogens with one attached hydrogen (secondary N) is 1. The molecule has 0 radical (unpaired) electrons. The molecule has 1 saturated carbocycles. The van der Waals surface area contributed by atoms with Gasteiger partial charge in [0.15, 0.2) is 6.61 Å². The topological polar surface area (TPSA) is 75.6 Å². The van der Waals surface area contributed by atoms with Gasteiger partial charge in [-0.1, -0.05) is 18.6 Å². The van der Waals surface area contributed by atoms with Crippen LogP contribution >= 0.6 is 0 Å². The van der Waals surface area contributed by atoms with Crippen LogP contribution in [0.25, 0.3) is 0 Å². The molecule has 1 amide bonds. The lowest BCUT2D eigenvalue weighted by Crippen LogP contribution is -2.42. The lowest BCUT2D eigenvalue weighted by Gasteiger charge is -2.18. The zero-order chi connectivity index (χ0) is 17.0. The quantitative estimate of drug-likeness (QED) is 0.869. The molecule has 0 heterocycles. The number of halogens is 3. The molecule has 0 bridgehead atoms. The van der Waals surface area contributed by atoms with Crippen molar-refractivity contribution in [3.63, 3.8) is 0 Å². The minimum atomic E-state index is -4.58. The van der Waals surface area contributed by atoms with E-state index in [-0.39, 0.29) is 0 Å². The Balaban J connectivity index is 1.94. The summed E-state index contributed by atoms with van der Waals surface area (Å²) in [5.41, 5.74) is -0.961. The summed E-state index contributed by atoms with van der Waals surface area (Å²) in [4.78, 5) is 22.8. The van der Waals surface area contributed by atoms with Crippen LogP contribution in [0.1, 0.15) is 24.8 Å². The molecule has 0 unspecified atom stereocenters. The van der Waals surface area contributed by atoms with Crippen molar-refractivity contribution < 1.29 is 32.6 Å². The predicted molar refractivity (Wildman–Crippen MR) is 73.8 cm³/mol. The van der Waals surface area contributed by atoms with Gasteiger partial charge < -0.3 is 15.2 Å². The summed E-state index contributed by atoms with van der Waals surface area (Å²) < 4.78 is 43.3. The molecular weight excluding hydrogens is 315 g/mol. The van der Waals surface area contributed by atoms with Crippen molar-refractivity contribution in [2.75, 3.05) is 6.61 Å². The molecule has 1 aliphatic rings. The molecule has 1 aromatic rings. The van der Waals surface area contributed by atoms with E-state index in [1.807, 2.05) is 0 Å². The van der Waals surface area contributed by atoms with Crippen molar-refractivity contribution >= 4 is 11.9 Å². The van der Waals surface area contributed by atoms with Crippen molar-refractivity contribution in [2.24, 2.45) is 5.92 Å². The maximum absolute atomic E-state index is 12.8. The van der Waals surface area contributed by atoms with E-state index < -0.39 is 47.9 Å². The number of para-hydroxylation sites is 1. The van der Waals surface area contributed by atoms with Gasteiger partial charge in [0.1, 0.15) is 5.75 Å². The maximum Gasteiger partial charge on any atom is 0.419 e. The van der Waals surface area contributed by atoms with Gasteiger partial charge in [-0.15, -0.1) is 0 Å². The average Bonchev–Trinajstić information content (AvgIpc) is 2.92. The lowest BCUT2D eigenvalue weighted by molar-refractivity contribution is -0.143. The molecule has 23 heavy (non-hydrogen) atoms. The summed E-state index contributed by atoms with van der Waals surface area (Å²) in [6.07, 6.45) is -2.90. The van der Waals surface area contributed by atoms with Crippen molar-refractivity contribution in [1.29, 1.82) is 0 Å². The normalized spacial score (nSPS) is 21.0. The van der Waals surface area contributed by atoms with Crippen molar-refractivity contribution in [2.45, 2.75) is 31.5 Å². The first-order valence-corrected chi connectivity index (χ1v) is 7.10. The first-order valence-electron chi connectivity index (χ1n) is 7.10. The van der Waals surface area contributed by atoms with E-state index in [4.69, 9.17) is 9.84 Å². The van der Waals surface area contributed by atoms with Crippen LogP contribution in [0.5, 0.6) is 5.75 Å². The molecule has 126 valence electrons. The highest BCUT2D eigenvalue weighted by molar-refractivity contribution is 5.79. The molecule has 2 N–H and O–H groups in total. The van der Waals surface area contributed by atoms with Crippen LogP contribution in [0.3, 0.4) is 0 Å². The Labute approximate surface area is 130 Å². The highest BCUT2D eigenvalue weighted by atomic mass is 19.4. The van der Waals surface area contributed by atoms with Crippen LogP contribution in [0.15, 0.2) is 24.3 Å². The Bertz CT molecular complexity index is 588. The van der Waals surface area contributed by atoms with Gasteiger partial charge in [0, 0.05) is 6.04 Å². The Morgan fingerprint density at radius 1 is 1.26 bits per heavy atom. The fourth-order valence-corrected chi connectivity index (χ4v) is 2.65. The largest absolute Gasteiger partial charge is 0.483 e. The number of rotatable bonds is 5. The summed E-state index contributed by atoms with van der Waals surface area (Å²) >= 11 is 0. The molecule has 0 aromatic heterocycles. The SMILES string of the molecule is O=C(COc1ccccc1C(F)(F)F)N[C@H]1CCC[C@H]1C(=O)O. The van der Waals surface area contributed by atoms with Crippen LogP contribution in [0.2, 0.25) is 0 Å². The van der Waals surface area contributed by atoms with E-state index in [9.17, 15) is 22.8 Å². The van der Waals surface area contributed by atoms with Gasteiger partial charge in [-0.2, -0.15) is 13.2 Å². The smallest absolute Gasteiger partial charge is 0.419 e. The van der Waals surface area contributed by atoms with Crippen LogP contribution < -0.4 is 10.1 Å². The van der Waals surface area contributed by atoms with Gasteiger partial charge in [0.25, 0.3) is 5.91 Å². The van der Waals surface area contributed by atoms with Gasteiger partial charge in [-0.05, 0) is 25.0 Å². The second-order valence-corrected chi connectivity index (χ2v) is 5.33. The van der Waals surface area contributed by atoms with Gasteiger partial charge in [0.2, 0.25) is 0 Å². The minimum Gasteiger partial charge on any atom is -0.483 e. The van der Waals surface area contributed by atoms with E-state index in [0.29, 0.717) is 19.3 Å². The van der Waals surface area contributed by atoms with Gasteiger partial charge in [0.05, 0.1) is 11.5 Å². The second-order valence-electron chi connectivity index (χ2n) is 5.33. The first-order chi connectivity index (χ1) is 10.8. The molecule has 1 aromatic carbocycles. The molecule has 1 aliphatic carbocycles. The van der Waals surface area contributed by atoms with E-state index in [2.05, 4.69) is 5.32 Å². The van der Waals surface area contributed by atoms with Crippen molar-refractivity contribution in [3.05, 3.63) is 29.8 Å². The highest BCUT2D eigenvalue weighted by Crippen LogP contribution is 2.35. The Morgan fingerprint density at radius 3 is 2.61 bits per heavy atom. The van der Waals surface area contributed by atoms with Crippen molar-refractivity contribution in [1.82, 2.24) is 5.32 Å².